The minimum Gasteiger partial charge on any atom is -0.489 e. The Morgan fingerprint density at radius 1 is 1.24 bits per heavy atom. The number of benzene rings is 2. The fourth-order valence-electron chi connectivity index (χ4n) is 2.20. The maximum absolute atomic E-state index is 13.0. The lowest BCUT2D eigenvalue weighted by Gasteiger charge is -2.08. The van der Waals surface area contributed by atoms with Gasteiger partial charge in [-0.2, -0.15) is 0 Å². The van der Waals surface area contributed by atoms with Crippen LogP contribution in [-0.4, -0.2) is 18.5 Å². The van der Waals surface area contributed by atoms with Crippen molar-refractivity contribution in [2.75, 3.05) is 6.61 Å². The second-order valence-electron chi connectivity index (χ2n) is 5.63. The molecule has 0 N–H and O–H groups in total. The first kappa shape index (κ1) is 16.6. The van der Waals surface area contributed by atoms with Gasteiger partial charge in [-0.05, 0) is 48.9 Å². The lowest BCUT2D eigenvalue weighted by atomic mass is 10.1. The van der Waals surface area contributed by atoms with Crippen LogP contribution in [0.25, 0.3) is 6.08 Å². The Bertz CT molecular complexity index is 882. The molecule has 1 aliphatic heterocycles. The summed E-state index contributed by atoms with van der Waals surface area (Å²) in [5, 5.41) is 0. The van der Waals surface area contributed by atoms with Crippen molar-refractivity contribution >= 4 is 17.9 Å². The van der Waals surface area contributed by atoms with E-state index in [1.165, 1.54) is 24.3 Å². The molecule has 0 atom stereocenters. The largest absolute Gasteiger partial charge is 0.489 e. The number of ether oxygens (including phenoxy) is 2. The molecule has 1 heterocycles. The summed E-state index contributed by atoms with van der Waals surface area (Å²) >= 11 is 0. The number of aliphatic imine (C=N–C) groups is 1. The zero-order valence-electron chi connectivity index (χ0n) is 13.7. The SMILES string of the molecule is C=C(C)COc1ccccc1/C=C1\N=C(c2ccc(F)cc2)OC1=O. The van der Waals surface area contributed by atoms with Crippen LogP contribution in [0, 0.1) is 5.82 Å². The van der Waals surface area contributed by atoms with Crippen LogP contribution >= 0.6 is 0 Å². The van der Waals surface area contributed by atoms with Gasteiger partial charge in [-0.1, -0.05) is 24.8 Å². The highest BCUT2D eigenvalue weighted by Crippen LogP contribution is 2.25. The Morgan fingerprint density at radius 2 is 1.96 bits per heavy atom. The summed E-state index contributed by atoms with van der Waals surface area (Å²) in [6.07, 6.45) is 1.60. The Labute approximate surface area is 144 Å². The highest BCUT2D eigenvalue weighted by molar-refractivity contribution is 6.12. The second kappa shape index (κ2) is 7.13. The van der Waals surface area contributed by atoms with Crippen LogP contribution in [0.15, 0.2) is 71.4 Å². The van der Waals surface area contributed by atoms with Gasteiger partial charge in [0.15, 0.2) is 5.70 Å². The molecule has 0 bridgehead atoms. The van der Waals surface area contributed by atoms with Gasteiger partial charge in [0, 0.05) is 11.1 Å². The third-order valence-electron chi connectivity index (χ3n) is 3.40. The number of carbonyl (C=O) groups is 1. The molecule has 0 aromatic heterocycles. The van der Waals surface area contributed by atoms with Gasteiger partial charge in [-0.15, -0.1) is 0 Å². The quantitative estimate of drug-likeness (QED) is 0.468. The number of hydrogen-bond donors (Lipinski definition) is 0. The van der Waals surface area contributed by atoms with E-state index in [4.69, 9.17) is 9.47 Å². The predicted molar refractivity (Wildman–Crippen MR) is 93.8 cm³/mol. The van der Waals surface area contributed by atoms with Gasteiger partial charge in [0.25, 0.3) is 0 Å². The van der Waals surface area contributed by atoms with Gasteiger partial charge < -0.3 is 9.47 Å². The Kier molecular flexibility index (Phi) is 4.75. The zero-order chi connectivity index (χ0) is 17.8. The predicted octanol–water partition coefficient (Wildman–Crippen LogP) is 4.13. The molecule has 0 saturated carbocycles. The molecule has 0 spiro atoms. The molecule has 4 nitrogen and oxygen atoms in total. The maximum Gasteiger partial charge on any atom is 0.363 e. The minimum absolute atomic E-state index is 0.150. The Hall–Kier alpha value is -3.21. The van der Waals surface area contributed by atoms with Gasteiger partial charge in [0.1, 0.15) is 18.2 Å². The minimum atomic E-state index is -0.561. The fourth-order valence-corrected chi connectivity index (χ4v) is 2.20. The van der Waals surface area contributed by atoms with Crippen LogP contribution < -0.4 is 4.74 Å². The van der Waals surface area contributed by atoms with E-state index in [2.05, 4.69) is 11.6 Å². The van der Waals surface area contributed by atoms with Crippen LogP contribution in [0.4, 0.5) is 4.39 Å². The van der Waals surface area contributed by atoms with Gasteiger partial charge >= 0.3 is 5.97 Å². The molecule has 2 aromatic carbocycles. The first-order valence-electron chi connectivity index (χ1n) is 7.67. The summed E-state index contributed by atoms with van der Waals surface area (Å²) in [5.74, 6) is -0.158. The molecule has 0 aliphatic carbocycles. The normalized spacial score (nSPS) is 15.0. The monoisotopic (exact) mass is 337 g/mol. The van der Waals surface area contributed by atoms with Crippen LogP contribution in [0.2, 0.25) is 0 Å². The molecule has 0 unspecified atom stereocenters. The number of hydrogen-bond acceptors (Lipinski definition) is 4. The standard InChI is InChI=1S/C20H16FNO3/c1-13(2)12-24-18-6-4-3-5-15(18)11-17-20(23)25-19(22-17)14-7-9-16(21)10-8-14/h3-11H,1,12H2,2H3/b17-11-. The molecule has 126 valence electrons. The van der Waals surface area contributed by atoms with Gasteiger partial charge in [-0.3, -0.25) is 0 Å². The molecule has 0 amide bonds. The fraction of sp³-hybridized carbons (Fsp3) is 0.100. The van der Waals surface area contributed by atoms with Crippen molar-refractivity contribution in [2.24, 2.45) is 4.99 Å². The van der Waals surface area contributed by atoms with Crippen molar-refractivity contribution in [3.63, 3.8) is 0 Å². The lowest BCUT2D eigenvalue weighted by Crippen LogP contribution is -2.05. The average molecular weight is 337 g/mol. The number of para-hydroxylation sites is 1. The van der Waals surface area contributed by atoms with Crippen LogP contribution in [0.3, 0.4) is 0 Å². The third kappa shape index (κ3) is 4.01. The van der Waals surface area contributed by atoms with E-state index in [0.29, 0.717) is 23.5 Å². The number of carbonyl (C=O) groups excluding carboxylic acids is 1. The molecular formula is C20H16FNO3. The second-order valence-corrected chi connectivity index (χ2v) is 5.63. The van der Waals surface area contributed by atoms with Gasteiger partial charge in [0.05, 0.1) is 0 Å². The number of halogens is 1. The van der Waals surface area contributed by atoms with E-state index in [9.17, 15) is 9.18 Å². The summed E-state index contributed by atoms with van der Waals surface area (Å²) < 4.78 is 23.9. The first-order valence-corrected chi connectivity index (χ1v) is 7.67. The van der Waals surface area contributed by atoms with E-state index in [-0.39, 0.29) is 17.4 Å². The number of cyclic esters (lactones) is 1. The summed E-state index contributed by atoms with van der Waals surface area (Å²) in [4.78, 5) is 16.3. The average Bonchev–Trinajstić information content (AvgIpc) is 2.95. The topological polar surface area (TPSA) is 47.9 Å². The van der Waals surface area contributed by atoms with Crippen molar-refractivity contribution in [3.05, 3.63) is 83.3 Å². The molecule has 0 saturated heterocycles. The number of rotatable bonds is 5. The van der Waals surface area contributed by atoms with E-state index in [0.717, 1.165) is 5.57 Å². The van der Waals surface area contributed by atoms with Crippen LogP contribution in [-0.2, 0) is 9.53 Å². The van der Waals surface area contributed by atoms with E-state index in [1.54, 1.807) is 12.1 Å². The van der Waals surface area contributed by atoms with Gasteiger partial charge in [-0.25, -0.2) is 14.2 Å². The first-order chi connectivity index (χ1) is 12.0. The van der Waals surface area contributed by atoms with Crippen LogP contribution in [0.5, 0.6) is 5.75 Å². The molecule has 0 radical (unpaired) electrons. The molecule has 3 rings (SSSR count). The molecular weight excluding hydrogens is 321 g/mol. The van der Waals surface area contributed by atoms with Crippen molar-refractivity contribution in [1.29, 1.82) is 0 Å². The molecule has 1 aliphatic rings. The summed E-state index contributed by atoms with van der Waals surface area (Å²) in [6.45, 7) is 6.06. The van der Waals surface area contributed by atoms with E-state index in [1.807, 2.05) is 25.1 Å². The summed E-state index contributed by atoms with van der Waals surface area (Å²) in [7, 11) is 0. The molecule has 25 heavy (non-hydrogen) atoms. The van der Waals surface area contributed by atoms with Crippen LogP contribution in [0.1, 0.15) is 18.1 Å². The zero-order valence-corrected chi connectivity index (χ0v) is 13.7. The Balaban J connectivity index is 1.89. The number of nitrogens with zero attached hydrogens (tertiary/aromatic N) is 1. The summed E-state index contributed by atoms with van der Waals surface area (Å²) in [6, 6.07) is 12.9. The maximum atomic E-state index is 13.0. The van der Waals surface area contributed by atoms with Gasteiger partial charge in [0.2, 0.25) is 5.90 Å². The highest BCUT2D eigenvalue weighted by Gasteiger charge is 2.24. The van der Waals surface area contributed by atoms with Crippen molar-refractivity contribution < 1.29 is 18.7 Å². The molecule has 2 aromatic rings. The smallest absolute Gasteiger partial charge is 0.363 e. The van der Waals surface area contributed by atoms with E-state index < -0.39 is 5.97 Å². The molecule has 5 heteroatoms. The van der Waals surface area contributed by atoms with Crippen molar-refractivity contribution in [3.8, 4) is 5.75 Å². The summed E-state index contributed by atoms with van der Waals surface area (Å²) in [5.41, 5.74) is 2.29. The lowest BCUT2D eigenvalue weighted by molar-refractivity contribution is -0.129. The van der Waals surface area contributed by atoms with Crippen molar-refractivity contribution in [2.45, 2.75) is 6.92 Å². The van der Waals surface area contributed by atoms with E-state index >= 15 is 0 Å². The number of esters is 1. The molecule has 0 fully saturated rings. The highest BCUT2D eigenvalue weighted by atomic mass is 19.1. The third-order valence-corrected chi connectivity index (χ3v) is 3.40. The Morgan fingerprint density at radius 3 is 2.68 bits per heavy atom. The van der Waals surface area contributed by atoms with Crippen molar-refractivity contribution in [1.82, 2.24) is 0 Å².